The van der Waals surface area contributed by atoms with E-state index < -0.39 is 0 Å². The van der Waals surface area contributed by atoms with Gasteiger partial charge in [-0.15, -0.1) is 0 Å². The van der Waals surface area contributed by atoms with E-state index in [1.807, 2.05) is 4.90 Å². The molecule has 2 saturated heterocycles. The Morgan fingerprint density at radius 3 is 1.80 bits per heavy atom. The van der Waals surface area contributed by atoms with Crippen LogP contribution >= 0.6 is 0 Å². The van der Waals surface area contributed by atoms with Crippen LogP contribution in [0.2, 0.25) is 0 Å². The van der Waals surface area contributed by atoms with E-state index in [9.17, 15) is 9.59 Å². The maximum absolute atomic E-state index is 13.3. The zero-order valence-corrected chi connectivity index (χ0v) is 15.5. The van der Waals surface area contributed by atoms with E-state index in [1.165, 1.54) is 38.5 Å². The van der Waals surface area contributed by atoms with Crippen molar-refractivity contribution in [3.8, 4) is 0 Å². The van der Waals surface area contributed by atoms with Gasteiger partial charge in [-0.1, -0.05) is 0 Å². The fourth-order valence-corrected chi connectivity index (χ4v) is 6.96. The Bertz CT molecular complexity index is 540. The molecule has 2 heterocycles. The van der Waals surface area contributed by atoms with Crippen LogP contribution in [0.15, 0.2) is 0 Å². The van der Waals surface area contributed by atoms with Gasteiger partial charge in [0, 0.05) is 52.2 Å². The zero-order chi connectivity index (χ0) is 17.2. The zero-order valence-electron chi connectivity index (χ0n) is 15.5. The lowest BCUT2D eigenvalue weighted by atomic mass is 9.49. The number of carbonyl (C=O) groups excluding carboxylic acids is 2. The molecule has 2 aliphatic heterocycles. The Morgan fingerprint density at radius 2 is 1.32 bits per heavy atom. The molecule has 0 unspecified atom stereocenters. The van der Waals surface area contributed by atoms with Gasteiger partial charge in [0.05, 0.1) is 5.41 Å². The first-order chi connectivity index (χ1) is 12.0. The fourth-order valence-electron chi connectivity index (χ4n) is 6.96. The number of hydrogen-bond acceptors (Lipinski definition) is 3. The topological polar surface area (TPSA) is 43.9 Å². The molecule has 5 nitrogen and oxygen atoms in total. The number of likely N-dealkylation sites (tertiary alicyclic amines) is 1. The molecule has 5 heteroatoms. The number of nitrogens with zero attached hydrogens (tertiary/aromatic N) is 3. The Kier molecular flexibility index (Phi) is 3.67. The number of amides is 2. The van der Waals surface area contributed by atoms with Gasteiger partial charge >= 0.3 is 0 Å². The summed E-state index contributed by atoms with van der Waals surface area (Å²) in [6.45, 7) is 7.10. The molecular formula is C20H31N3O2. The second-order valence-electron chi connectivity index (χ2n) is 9.60. The van der Waals surface area contributed by atoms with Gasteiger partial charge in [0.1, 0.15) is 0 Å². The third kappa shape index (κ3) is 2.61. The summed E-state index contributed by atoms with van der Waals surface area (Å²) in [5.74, 6) is 3.20. The third-order valence-electron chi connectivity index (χ3n) is 7.92. The van der Waals surface area contributed by atoms with Crippen LogP contribution in [0.5, 0.6) is 0 Å². The second kappa shape index (κ2) is 5.70. The first-order valence-electron chi connectivity index (χ1n) is 10.3. The summed E-state index contributed by atoms with van der Waals surface area (Å²) in [4.78, 5) is 31.4. The Hall–Kier alpha value is -1.10. The van der Waals surface area contributed by atoms with Gasteiger partial charge < -0.3 is 9.80 Å². The summed E-state index contributed by atoms with van der Waals surface area (Å²) < 4.78 is 0. The molecular weight excluding hydrogens is 314 g/mol. The molecule has 0 aromatic heterocycles. The standard InChI is InChI=1S/C20H31N3O2/c1-14(24)21-2-4-22(5-3-21)18-12-23(13-18)19(25)20-9-15-6-16(10-20)8-17(7-15)11-20/h15-18H,2-13H2,1H3. The Labute approximate surface area is 150 Å². The minimum atomic E-state index is 0.0209. The SMILES string of the molecule is CC(=O)N1CCN(C2CN(C(=O)C34CC5CC(CC(C5)C3)C4)C2)CC1. The molecule has 0 N–H and O–H groups in total. The van der Waals surface area contributed by atoms with Crippen molar-refractivity contribution in [2.24, 2.45) is 23.2 Å². The maximum atomic E-state index is 13.3. The van der Waals surface area contributed by atoms with Crippen molar-refractivity contribution in [1.29, 1.82) is 0 Å². The highest BCUT2D eigenvalue weighted by molar-refractivity contribution is 5.84. The normalized spacial score (nSPS) is 41.1. The summed E-state index contributed by atoms with van der Waals surface area (Å²) in [6.07, 6.45) is 7.73. The molecule has 0 spiro atoms. The Balaban J connectivity index is 1.17. The summed E-state index contributed by atoms with van der Waals surface area (Å²) >= 11 is 0. The lowest BCUT2D eigenvalue weighted by molar-refractivity contribution is -0.165. The van der Waals surface area contributed by atoms with Gasteiger partial charge in [0.15, 0.2) is 0 Å². The molecule has 0 atom stereocenters. The van der Waals surface area contributed by atoms with Crippen molar-refractivity contribution >= 4 is 11.8 Å². The first kappa shape index (κ1) is 16.1. The van der Waals surface area contributed by atoms with Gasteiger partial charge in [0.25, 0.3) is 0 Å². The van der Waals surface area contributed by atoms with Crippen molar-refractivity contribution < 1.29 is 9.59 Å². The van der Waals surface area contributed by atoms with Gasteiger partial charge in [0.2, 0.25) is 11.8 Å². The number of hydrogen-bond donors (Lipinski definition) is 0. The smallest absolute Gasteiger partial charge is 0.228 e. The van der Waals surface area contributed by atoms with Crippen LogP contribution in [-0.4, -0.2) is 71.8 Å². The van der Waals surface area contributed by atoms with Gasteiger partial charge in [-0.2, -0.15) is 0 Å². The molecule has 4 saturated carbocycles. The molecule has 0 radical (unpaired) electrons. The molecule has 0 aromatic rings. The summed E-state index contributed by atoms with van der Waals surface area (Å²) in [5, 5.41) is 0. The van der Waals surface area contributed by atoms with Crippen molar-refractivity contribution in [2.75, 3.05) is 39.3 Å². The minimum Gasteiger partial charge on any atom is -0.340 e. The summed E-state index contributed by atoms with van der Waals surface area (Å²) in [6, 6.07) is 0.520. The molecule has 6 rings (SSSR count). The van der Waals surface area contributed by atoms with Gasteiger partial charge in [-0.3, -0.25) is 14.5 Å². The van der Waals surface area contributed by atoms with E-state index in [4.69, 9.17) is 0 Å². The summed E-state index contributed by atoms with van der Waals surface area (Å²) in [7, 11) is 0. The molecule has 0 aromatic carbocycles. The lowest BCUT2D eigenvalue weighted by Crippen LogP contribution is -2.67. The highest BCUT2D eigenvalue weighted by Gasteiger charge is 2.56. The van der Waals surface area contributed by atoms with E-state index >= 15 is 0 Å². The van der Waals surface area contributed by atoms with Crippen molar-refractivity contribution in [3.05, 3.63) is 0 Å². The van der Waals surface area contributed by atoms with Gasteiger partial charge in [-0.05, 0) is 56.3 Å². The largest absolute Gasteiger partial charge is 0.340 e. The van der Waals surface area contributed by atoms with Crippen molar-refractivity contribution in [1.82, 2.24) is 14.7 Å². The van der Waals surface area contributed by atoms with E-state index in [-0.39, 0.29) is 11.3 Å². The predicted octanol–water partition coefficient (Wildman–Crippen LogP) is 1.58. The molecule has 138 valence electrons. The van der Waals surface area contributed by atoms with Crippen LogP contribution in [0.3, 0.4) is 0 Å². The highest BCUT2D eigenvalue weighted by Crippen LogP contribution is 2.60. The quantitative estimate of drug-likeness (QED) is 0.763. The third-order valence-corrected chi connectivity index (χ3v) is 7.92. The Morgan fingerprint density at radius 1 is 0.800 bits per heavy atom. The van der Waals surface area contributed by atoms with E-state index in [1.54, 1.807) is 6.92 Å². The van der Waals surface area contributed by atoms with Crippen LogP contribution in [0.25, 0.3) is 0 Å². The minimum absolute atomic E-state index is 0.0209. The van der Waals surface area contributed by atoms with Crippen LogP contribution in [0, 0.1) is 23.2 Å². The van der Waals surface area contributed by atoms with Crippen molar-refractivity contribution in [2.45, 2.75) is 51.5 Å². The van der Waals surface area contributed by atoms with E-state index in [0.29, 0.717) is 11.9 Å². The van der Waals surface area contributed by atoms with E-state index in [0.717, 1.165) is 57.0 Å². The number of rotatable bonds is 2. The second-order valence-corrected chi connectivity index (χ2v) is 9.60. The maximum Gasteiger partial charge on any atom is 0.228 e. The number of piperazine rings is 1. The van der Waals surface area contributed by atoms with Crippen LogP contribution < -0.4 is 0 Å². The fraction of sp³-hybridized carbons (Fsp3) is 0.900. The van der Waals surface area contributed by atoms with E-state index in [2.05, 4.69) is 9.80 Å². The molecule has 4 aliphatic carbocycles. The predicted molar refractivity (Wildman–Crippen MR) is 94.8 cm³/mol. The highest BCUT2D eigenvalue weighted by atomic mass is 16.2. The molecule has 6 aliphatic rings. The first-order valence-corrected chi connectivity index (χ1v) is 10.3. The molecule has 6 fully saturated rings. The average molecular weight is 345 g/mol. The lowest BCUT2D eigenvalue weighted by Gasteiger charge is -2.58. The summed E-state index contributed by atoms with van der Waals surface area (Å²) in [5.41, 5.74) is 0.0209. The molecule has 25 heavy (non-hydrogen) atoms. The average Bonchev–Trinajstić information content (AvgIpc) is 2.52. The van der Waals surface area contributed by atoms with Gasteiger partial charge in [-0.25, -0.2) is 0 Å². The molecule has 2 amide bonds. The number of carbonyl (C=O) groups is 2. The van der Waals surface area contributed by atoms with Crippen LogP contribution in [0.1, 0.15) is 45.4 Å². The van der Waals surface area contributed by atoms with Crippen LogP contribution in [0.4, 0.5) is 0 Å². The molecule has 4 bridgehead atoms. The van der Waals surface area contributed by atoms with Crippen LogP contribution in [-0.2, 0) is 9.59 Å². The monoisotopic (exact) mass is 345 g/mol. The van der Waals surface area contributed by atoms with Crippen molar-refractivity contribution in [3.63, 3.8) is 0 Å².